The first-order chi connectivity index (χ1) is 13.2. The summed E-state index contributed by atoms with van der Waals surface area (Å²) in [6.45, 7) is 6.86. The maximum absolute atomic E-state index is 12.2. The second kappa shape index (κ2) is 8.32. The molecule has 2 saturated heterocycles. The predicted molar refractivity (Wildman–Crippen MR) is 108 cm³/mol. The number of ether oxygens (including phenoxy) is 1. The quantitative estimate of drug-likeness (QED) is 0.770. The average Bonchev–Trinajstić information content (AvgIpc) is 3.36. The zero-order valence-corrected chi connectivity index (χ0v) is 16.9. The van der Waals surface area contributed by atoms with E-state index in [2.05, 4.69) is 36.1 Å². The fraction of sp³-hybridized carbons (Fsp3) is 0.696. The van der Waals surface area contributed by atoms with Gasteiger partial charge in [0.2, 0.25) is 5.91 Å². The number of benzene rings is 1. The van der Waals surface area contributed by atoms with Crippen molar-refractivity contribution in [2.24, 2.45) is 11.8 Å². The van der Waals surface area contributed by atoms with E-state index in [1.165, 1.54) is 49.9 Å². The van der Waals surface area contributed by atoms with Gasteiger partial charge < -0.3 is 14.5 Å². The topological polar surface area (TPSA) is 32.8 Å². The van der Waals surface area contributed by atoms with Crippen molar-refractivity contribution in [3.8, 4) is 0 Å². The third-order valence-electron chi connectivity index (χ3n) is 7.26. The molecule has 4 unspecified atom stereocenters. The molecule has 3 aliphatic rings. The van der Waals surface area contributed by atoms with E-state index in [1.807, 2.05) is 4.90 Å². The van der Waals surface area contributed by atoms with Crippen LogP contribution in [-0.4, -0.2) is 61.6 Å². The number of rotatable bonds is 6. The first-order valence-corrected chi connectivity index (χ1v) is 10.8. The second-order valence-corrected chi connectivity index (χ2v) is 8.86. The highest BCUT2D eigenvalue weighted by Crippen LogP contribution is 2.47. The summed E-state index contributed by atoms with van der Waals surface area (Å²) in [5, 5.41) is 0. The maximum Gasteiger partial charge on any atom is 0.248 e. The van der Waals surface area contributed by atoms with Crippen molar-refractivity contribution in [3.63, 3.8) is 0 Å². The third-order valence-corrected chi connectivity index (χ3v) is 7.26. The molecule has 0 N–H and O–H groups in total. The van der Waals surface area contributed by atoms with Crippen molar-refractivity contribution < 1.29 is 9.53 Å². The lowest BCUT2D eigenvalue weighted by Gasteiger charge is -2.22. The van der Waals surface area contributed by atoms with Gasteiger partial charge in [0, 0.05) is 32.8 Å². The number of likely N-dealkylation sites (tertiary alicyclic amines) is 2. The number of methoxy groups -OCH3 is 1. The van der Waals surface area contributed by atoms with Crippen LogP contribution in [0, 0.1) is 11.8 Å². The Morgan fingerprint density at radius 3 is 2.67 bits per heavy atom. The Labute approximate surface area is 163 Å². The molecule has 2 heterocycles. The van der Waals surface area contributed by atoms with Gasteiger partial charge in [-0.3, -0.25) is 4.79 Å². The summed E-state index contributed by atoms with van der Waals surface area (Å²) < 4.78 is 5.03. The zero-order chi connectivity index (χ0) is 18.8. The molecule has 3 fully saturated rings. The van der Waals surface area contributed by atoms with Crippen molar-refractivity contribution in [2.75, 3.05) is 39.9 Å². The van der Waals surface area contributed by atoms with Gasteiger partial charge in [-0.05, 0) is 74.5 Å². The summed E-state index contributed by atoms with van der Waals surface area (Å²) in [5.41, 5.74) is 2.93. The highest BCUT2D eigenvalue weighted by Gasteiger charge is 2.44. The molecule has 27 heavy (non-hydrogen) atoms. The van der Waals surface area contributed by atoms with E-state index in [-0.39, 0.29) is 12.5 Å². The summed E-state index contributed by atoms with van der Waals surface area (Å²) in [7, 11) is 1.60. The maximum atomic E-state index is 12.2. The molecule has 0 aromatic heterocycles. The van der Waals surface area contributed by atoms with Gasteiger partial charge in [-0.25, -0.2) is 0 Å². The van der Waals surface area contributed by atoms with Crippen LogP contribution in [0.15, 0.2) is 24.3 Å². The number of fused-ring (bicyclic) bond motifs is 1. The molecule has 1 saturated carbocycles. The molecule has 4 atom stereocenters. The molecular formula is C23H34N2O2. The van der Waals surface area contributed by atoms with Crippen LogP contribution >= 0.6 is 0 Å². The minimum atomic E-state index is 0.150. The number of carbonyl (C=O) groups is 1. The van der Waals surface area contributed by atoms with E-state index in [9.17, 15) is 4.79 Å². The fourth-order valence-electron chi connectivity index (χ4n) is 5.63. The Kier molecular flexibility index (Phi) is 5.84. The SMILES string of the molecule is COCC(=O)N1CC2CCC(c3ccc(CCN4CCCC4C)cc3)C2C1. The van der Waals surface area contributed by atoms with Crippen LogP contribution in [0.4, 0.5) is 0 Å². The first-order valence-electron chi connectivity index (χ1n) is 10.8. The van der Waals surface area contributed by atoms with Crippen LogP contribution in [0.1, 0.15) is 49.7 Å². The number of hydrogen-bond acceptors (Lipinski definition) is 3. The highest BCUT2D eigenvalue weighted by atomic mass is 16.5. The molecule has 0 radical (unpaired) electrons. The molecule has 0 bridgehead atoms. The molecule has 1 amide bonds. The third kappa shape index (κ3) is 4.07. The van der Waals surface area contributed by atoms with Gasteiger partial charge in [-0.2, -0.15) is 0 Å². The van der Waals surface area contributed by atoms with E-state index in [4.69, 9.17) is 4.74 Å². The van der Waals surface area contributed by atoms with Crippen molar-refractivity contribution in [1.29, 1.82) is 0 Å². The van der Waals surface area contributed by atoms with Gasteiger partial charge in [0.15, 0.2) is 0 Å². The lowest BCUT2D eigenvalue weighted by molar-refractivity contribution is -0.134. The fourth-order valence-corrected chi connectivity index (χ4v) is 5.63. The van der Waals surface area contributed by atoms with Crippen LogP contribution in [0.25, 0.3) is 0 Å². The van der Waals surface area contributed by atoms with Crippen LogP contribution < -0.4 is 0 Å². The van der Waals surface area contributed by atoms with Crippen LogP contribution in [0.2, 0.25) is 0 Å². The van der Waals surface area contributed by atoms with Crippen LogP contribution in [0.3, 0.4) is 0 Å². The molecule has 4 nitrogen and oxygen atoms in total. The van der Waals surface area contributed by atoms with Gasteiger partial charge >= 0.3 is 0 Å². The molecular weight excluding hydrogens is 336 g/mol. The van der Waals surface area contributed by atoms with Crippen molar-refractivity contribution in [2.45, 2.75) is 51.0 Å². The highest BCUT2D eigenvalue weighted by molar-refractivity contribution is 5.77. The van der Waals surface area contributed by atoms with E-state index < -0.39 is 0 Å². The summed E-state index contributed by atoms with van der Waals surface area (Å²) >= 11 is 0. The van der Waals surface area contributed by atoms with Gasteiger partial charge in [0.1, 0.15) is 6.61 Å². The van der Waals surface area contributed by atoms with Gasteiger partial charge in [0.25, 0.3) is 0 Å². The van der Waals surface area contributed by atoms with E-state index in [0.717, 1.165) is 25.6 Å². The molecule has 1 aromatic carbocycles. The predicted octanol–water partition coefficient (Wildman–Crippen LogP) is 3.31. The molecule has 1 aliphatic carbocycles. The molecule has 4 rings (SSSR count). The van der Waals surface area contributed by atoms with Crippen LogP contribution in [-0.2, 0) is 16.0 Å². The average molecular weight is 371 g/mol. The number of nitrogens with zero attached hydrogens (tertiary/aromatic N) is 2. The summed E-state index contributed by atoms with van der Waals surface area (Å²) in [4.78, 5) is 16.8. The molecule has 148 valence electrons. The summed E-state index contributed by atoms with van der Waals surface area (Å²) in [5.74, 6) is 2.06. The number of carbonyl (C=O) groups excluding carboxylic acids is 1. The smallest absolute Gasteiger partial charge is 0.248 e. The zero-order valence-electron chi connectivity index (χ0n) is 16.9. The largest absolute Gasteiger partial charge is 0.375 e. The molecule has 2 aliphatic heterocycles. The molecule has 0 spiro atoms. The van der Waals surface area contributed by atoms with Crippen molar-refractivity contribution in [1.82, 2.24) is 9.80 Å². The van der Waals surface area contributed by atoms with Gasteiger partial charge in [0.05, 0.1) is 0 Å². The number of amides is 1. The van der Waals surface area contributed by atoms with E-state index in [1.54, 1.807) is 7.11 Å². The Morgan fingerprint density at radius 1 is 1.15 bits per heavy atom. The summed E-state index contributed by atoms with van der Waals surface area (Å²) in [6, 6.07) is 10.1. The Bertz CT molecular complexity index is 644. The van der Waals surface area contributed by atoms with E-state index in [0.29, 0.717) is 17.8 Å². The lowest BCUT2D eigenvalue weighted by Crippen LogP contribution is -2.32. The standard InChI is InChI=1S/C23H34N2O2/c1-17-4-3-12-24(17)13-11-18-5-7-19(8-6-18)21-10-9-20-14-25(15-22(20)21)23(26)16-27-2/h5-8,17,20-22H,3-4,9-16H2,1-2H3. The molecule has 1 aromatic rings. The van der Waals surface area contributed by atoms with Crippen molar-refractivity contribution >= 4 is 5.91 Å². The Balaban J connectivity index is 1.34. The minimum Gasteiger partial charge on any atom is -0.375 e. The Morgan fingerprint density at radius 2 is 1.96 bits per heavy atom. The lowest BCUT2D eigenvalue weighted by atomic mass is 9.86. The Hall–Kier alpha value is -1.39. The second-order valence-electron chi connectivity index (χ2n) is 8.86. The van der Waals surface area contributed by atoms with Gasteiger partial charge in [-0.1, -0.05) is 24.3 Å². The number of hydrogen-bond donors (Lipinski definition) is 0. The minimum absolute atomic E-state index is 0.150. The summed E-state index contributed by atoms with van der Waals surface area (Å²) in [6.07, 6.45) is 6.38. The van der Waals surface area contributed by atoms with Gasteiger partial charge in [-0.15, -0.1) is 0 Å². The first kappa shape index (κ1) is 18.9. The monoisotopic (exact) mass is 370 g/mol. The molecule has 4 heteroatoms. The van der Waals surface area contributed by atoms with Crippen LogP contribution in [0.5, 0.6) is 0 Å². The van der Waals surface area contributed by atoms with Crippen molar-refractivity contribution in [3.05, 3.63) is 35.4 Å². The van der Waals surface area contributed by atoms with E-state index >= 15 is 0 Å². The normalized spacial score (nSPS) is 30.8.